The van der Waals surface area contributed by atoms with Crippen LogP contribution in [0.3, 0.4) is 0 Å². The number of sulfonamides is 1. The van der Waals surface area contributed by atoms with Gasteiger partial charge in [-0.15, -0.1) is 9.58 Å². The largest absolute Gasteiger partial charge is 0.427 e. The van der Waals surface area contributed by atoms with E-state index in [0.29, 0.717) is 13.0 Å². The zero-order valence-electron chi connectivity index (χ0n) is 13.8. The van der Waals surface area contributed by atoms with Crippen molar-refractivity contribution in [3.63, 3.8) is 0 Å². The highest BCUT2D eigenvalue weighted by Crippen LogP contribution is 2.35. The maximum atomic E-state index is 12.5. The number of esters is 1. The average molecular weight is 378 g/mol. The predicted molar refractivity (Wildman–Crippen MR) is 86.7 cm³/mol. The summed E-state index contributed by atoms with van der Waals surface area (Å²) < 4.78 is 30.1. The minimum Gasteiger partial charge on any atom is -0.409 e. The van der Waals surface area contributed by atoms with Crippen LogP contribution in [0.1, 0.15) is 20.3 Å². The Morgan fingerprint density at radius 3 is 2.67 bits per heavy atom. The minimum atomic E-state index is -3.76. The molecule has 12 heteroatoms. The summed E-state index contributed by atoms with van der Waals surface area (Å²) in [6.45, 7) is 3.56. The monoisotopic (exact) mass is 378 g/mol. The molecule has 0 spiro atoms. The molecule has 2 amide bonds. The smallest absolute Gasteiger partial charge is 0.409 e. The fraction of sp³-hybridized carbons (Fsp3) is 0.667. The van der Waals surface area contributed by atoms with Gasteiger partial charge in [0.05, 0.1) is 6.54 Å². The molecule has 1 N–H and O–H groups in total. The lowest BCUT2D eigenvalue weighted by molar-refractivity contribution is -0.150. The Bertz CT molecular complexity index is 747. The zero-order valence-corrected chi connectivity index (χ0v) is 15.5. The number of amides is 2. The molecule has 1 aliphatic rings. The molecular weight excluding hydrogens is 358 g/mol. The molecule has 2 heterocycles. The van der Waals surface area contributed by atoms with E-state index in [-0.39, 0.29) is 16.0 Å². The van der Waals surface area contributed by atoms with Gasteiger partial charge < -0.3 is 4.74 Å². The van der Waals surface area contributed by atoms with Crippen LogP contribution in [0.2, 0.25) is 0 Å². The van der Waals surface area contributed by atoms with Gasteiger partial charge in [-0.3, -0.25) is 10.1 Å². The number of quaternary nitrogens is 1. The number of nitrogens with zero attached hydrogens (tertiary/aromatic N) is 4. The van der Waals surface area contributed by atoms with Crippen LogP contribution in [0.5, 0.6) is 0 Å². The second-order valence-corrected chi connectivity index (χ2v) is 8.76. The fourth-order valence-corrected chi connectivity index (χ4v) is 4.78. The number of ether oxygens (including phenoxy) is 1. The highest BCUT2D eigenvalue weighted by atomic mass is 32.2. The van der Waals surface area contributed by atoms with Crippen molar-refractivity contribution in [3.05, 3.63) is 0 Å². The summed E-state index contributed by atoms with van der Waals surface area (Å²) in [5.41, 5.74) is 0. The van der Waals surface area contributed by atoms with E-state index in [4.69, 9.17) is 4.74 Å². The Kier molecular flexibility index (Phi) is 5.22. The van der Waals surface area contributed by atoms with Crippen molar-refractivity contribution in [2.45, 2.75) is 30.8 Å². The van der Waals surface area contributed by atoms with Crippen molar-refractivity contribution in [2.75, 3.05) is 27.2 Å². The number of aromatic nitrogens is 2. The van der Waals surface area contributed by atoms with E-state index in [1.54, 1.807) is 0 Å². The lowest BCUT2D eigenvalue weighted by Crippen LogP contribution is -2.58. The maximum Gasteiger partial charge on any atom is 0.427 e. The predicted octanol–water partition coefficient (Wildman–Crippen LogP) is 0.118. The molecule has 1 aromatic heterocycles. The van der Waals surface area contributed by atoms with Crippen LogP contribution in [-0.2, 0) is 19.6 Å². The lowest BCUT2D eigenvalue weighted by atomic mass is 10.3. The van der Waals surface area contributed by atoms with Gasteiger partial charge in [0.25, 0.3) is 20.6 Å². The van der Waals surface area contributed by atoms with Crippen molar-refractivity contribution < 1.29 is 22.7 Å². The SMILES string of the molecule is CCC[N+]1(c2nnc(S(=O)(=O)N(C)C)s2)C(=O)NCC1OC(C)=O. The highest BCUT2D eigenvalue weighted by molar-refractivity contribution is 7.91. The third kappa shape index (κ3) is 3.01. The van der Waals surface area contributed by atoms with Crippen molar-refractivity contribution in [1.82, 2.24) is 24.3 Å². The van der Waals surface area contributed by atoms with Gasteiger partial charge in [-0.1, -0.05) is 12.0 Å². The molecule has 0 saturated carbocycles. The Hall–Kier alpha value is -1.63. The molecule has 2 unspecified atom stereocenters. The number of rotatable bonds is 6. The average Bonchev–Trinajstić information content (AvgIpc) is 3.08. The van der Waals surface area contributed by atoms with E-state index in [0.717, 1.165) is 15.6 Å². The molecule has 10 nitrogen and oxygen atoms in total. The number of hydrogen-bond donors (Lipinski definition) is 1. The first kappa shape index (κ1) is 18.7. The molecule has 0 aliphatic carbocycles. The summed E-state index contributed by atoms with van der Waals surface area (Å²) in [6, 6.07) is -0.395. The van der Waals surface area contributed by atoms with Crippen LogP contribution < -0.4 is 9.80 Å². The second kappa shape index (κ2) is 6.70. The Morgan fingerprint density at radius 2 is 2.12 bits per heavy atom. The summed E-state index contributed by atoms with van der Waals surface area (Å²) in [6.07, 6.45) is -0.210. The van der Waals surface area contributed by atoms with Crippen molar-refractivity contribution >= 4 is 38.5 Å². The van der Waals surface area contributed by atoms with Gasteiger partial charge >= 0.3 is 17.1 Å². The Balaban J connectivity index is 2.53. The number of hydrogen-bond acceptors (Lipinski definition) is 8. The Morgan fingerprint density at radius 1 is 1.46 bits per heavy atom. The molecule has 1 fully saturated rings. The third-order valence-electron chi connectivity index (χ3n) is 3.60. The van der Waals surface area contributed by atoms with Gasteiger partial charge in [-0.2, -0.15) is 0 Å². The first-order valence-corrected chi connectivity index (χ1v) is 9.52. The minimum absolute atomic E-state index is 0.133. The summed E-state index contributed by atoms with van der Waals surface area (Å²) in [4.78, 5) is 23.9. The third-order valence-corrected chi connectivity index (χ3v) is 6.81. The zero-order chi connectivity index (χ0) is 18.1. The molecule has 2 atom stereocenters. The summed E-state index contributed by atoms with van der Waals surface area (Å²) in [5.74, 6) is -0.527. The van der Waals surface area contributed by atoms with Gasteiger partial charge in [0.1, 0.15) is 6.54 Å². The second-order valence-electron chi connectivity index (χ2n) is 5.48. The lowest BCUT2D eigenvalue weighted by Gasteiger charge is -2.30. The number of urea groups is 1. The molecule has 134 valence electrons. The van der Waals surface area contributed by atoms with Crippen LogP contribution in [0.15, 0.2) is 4.34 Å². The van der Waals surface area contributed by atoms with Gasteiger partial charge in [0.15, 0.2) is 0 Å². The van der Waals surface area contributed by atoms with Crippen molar-refractivity contribution in [1.29, 1.82) is 0 Å². The number of nitrogens with one attached hydrogen (secondary N) is 1. The van der Waals surface area contributed by atoms with E-state index in [1.807, 2.05) is 6.92 Å². The molecule has 0 radical (unpaired) electrons. The van der Waals surface area contributed by atoms with Gasteiger partial charge in [-0.05, 0) is 17.8 Å². The van der Waals surface area contributed by atoms with Gasteiger partial charge in [0, 0.05) is 21.0 Å². The maximum absolute atomic E-state index is 12.5. The van der Waals surface area contributed by atoms with E-state index in [9.17, 15) is 18.0 Å². The van der Waals surface area contributed by atoms with Crippen LogP contribution in [0.4, 0.5) is 9.93 Å². The normalized spacial score (nSPS) is 24.2. The topological polar surface area (TPSA) is 119 Å². The molecular formula is C12H20N5O5S2+. The van der Waals surface area contributed by atoms with Gasteiger partial charge in [0.2, 0.25) is 0 Å². The molecule has 2 rings (SSSR count). The highest BCUT2D eigenvalue weighted by Gasteiger charge is 2.56. The molecule has 24 heavy (non-hydrogen) atoms. The molecule has 1 aliphatic heterocycles. The first-order chi connectivity index (χ1) is 11.2. The van der Waals surface area contributed by atoms with E-state index in [2.05, 4.69) is 15.5 Å². The molecule has 1 aromatic rings. The quantitative estimate of drug-likeness (QED) is 0.424. The first-order valence-electron chi connectivity index (χ1n) is 7.26. The summed E-state index contributed by atoms with van der Waals surface area (Å²) >= 11 is 0.807. The Labute approximate surface area is 144 Å². The molecule has 0 bridgehead atoms. The van der Waals surface area contributed by atoms with E-state index < -0.39 is 32.7 Å². The van der Waals surface area contributed by atoms with Gasteiger partial charge in [-0.25, -0.2) is 17.5 Å². The van der Waals surface area contributed by atoms with Crippen molar-refractivity contribution in [2.24, 2.45) is 0 Å². The number of carbonyl (C=O) groups excluding carboxylic acids is 2. The molecule has 1 saturated heterocycles. The van der Waals surface area contributed by atoms with Crippen molar-refractivity contribution in [3.8, 4) is 0 Å². The van der Waals surface area contributed by atoms with Crippen LogP contribution >= 0.6 is 11.3 Å². The van der Waals surface area contributed by atoms with E-state index >= 15 is 0 Å². The standard InChI is InChI=1S/C12H19N5O5S2/c1-5-6-17(9(22-8(2)18)7-13-10(17)19)11-14-15-12(23-11)24(20,21)16(3)4/h9H,5-7H2,1-4H3/p+1. The number of carbonyl (C=O) groups is 2. The van der Waals surface area contributed by atoms with Crippen LogP contribution in [-0.4, -0.2) is 68.3 Å². The van der Waals surface area contributed by atoms with Crippen LogP contribution in [0, 0.1) is 0 Å². The summed E-state index contributed by atoms with van der Waals surface area (Å²) in [7, 11) is -0.985. The molecule has 0 aromatic carbocycles. The summed E-state index contributed by atoms with van der Waals surface area (Å²) in [5, 5.41) is 10.5. The van der Waals surface area contributed by atoms with Crippen LogP contribution in [0.25, 0.3) is 0 Å². The van der Waals surface area contributed by atoms with E-state index in [1.165, 1.54) is 21.0 Å². The fourth-order valence-electron chi connectivity index (χ4n) is 2.45.